The number of rotatable bonds is 4. The number of benzene rings is 1. The zero-order valence-corrected chi connectivity index (χ0v) is 13.9. The third-order valence-electron chi connectivity index (χ3n) is 4.07. The van der Waals surface area contributed by atoms with Crippen LogP contribution in [-0.4, -0.2) is 29.5 Å². The molecule has 0 atom stereocenters. The Labute approximate surface area is 151 Å². The summed E-state index contributed by atoms with van der Waals surface area (Å²) in [5.74, 6) is 1.10. The maximum absolute atomic E-state index is 12.8. The molecule has 0 amide bonds. The molecule has 0 radical (unpaired) electrons. The van der Waals surface area contributed by atoms with E-state index in [9.17, 15) is 4.79 Å². The minimum absolute atomic E-state index is 0.103. The van der Waals surface area contributed by atoms with Crippen LogP contribution in [0.5, 0.6) is 0 Å². The third kappa shape index (κ3) is 2.61. The highest BCUT2D eigenvalue weighted by atomic mass is 16.5. The van der Waals surface area contributed by atoms with Gasteiger partial charge in [0.1, 0.15) is 18.3 Å². The van der Waals surface area contributed by atoms with Crippen LogP contribution >= 0.6 is 0 Å². The Bertz CT molecular complexity index is 1270. The second kappa shape index (κ2) is 6.06. The largest absolute Gasteiger partial charge is 0.461 e. The smallest absolute Gasteiger partial charge is 0.264 e. The Morgan fingerprint density at radius 1 is 1.07 bits per heavy atom. The SMILES string of the molecule is O=c1c2cnn(-c3ccccc3)c2ncn1Cc1nc(-c2ccco2)no1. The zero-order valence-electron chi connectivity index (χ0n) is 13.9. The number of aromatic nitrogens is 6. The molecule has 0 aliphatic rings. The summed E-state index contributed by atoms with van der Waals surface area (Å²) in [6.45, 7) is 0.103. The van der Waals surface area contributed by atoms with Crippen LogP contribution in [-0.2, 0) is 6.54 Å². The molecular weight excluding hydrogens is 348 g/mol. The van der Waals surface area contributed by atoms with Crippen molar-refractivity contribution in [1.82, 2.24) is 29.5 Å². The maximum atomic E-state index is 12.8. The van der Waals surface area contributed by atoms with Crippen LogP contribution in [0, 0.1) is 0 Å². The predicted molar refractivity (Wildman–Crippen MR) is 94.2 cm³/mol. The lowest BCUT2D eigenvalue weighted by molar-refractivity contribution is 0.368. The van der Waals surface area contributed by atoms with E-state index in [1.54, 1.807) is 16.8 Å². The molecule has 5 aromatic rings. The summed E-state index contributed by atoms with van der Waals surface area (Å²) in [6.07, 6.45) is 4.48. The van der Waals surface area contributed by atoms with Crippen molar-refractivity contribution in [2.75, 3.05) is 0 Å². The first kappa shape index (κ1) is 15.3. The lowest BCUT2D eigenvalue weighted by atomic mass is 10.3. The summed E-state index contributed by atoms with van der Waals surface area (Å²) >= 11 is 0. The molecule has 0 saturated carbocycles. The molecule has 0 unspecified atom stereocenters. The monoisotopic (exact) mass is 360 g/mol. The lowest BCUT2D eigenvalue weighted by Gasteiger charge is -2.04. The van der Waals surface area contributed by atoms with Gasteiger partial charge in [0.15, 0.2) is 11.4 Å². The molecule has 4 aromatic heterocycles. The number of fused-ring (bicyclic) bond motifs is 1. The fourth-order valence-electron chi connectivity index (χ4n) is 2.79. The number of furan rings is 1. The Kier molecular flexibility index (Phi) is 3.42. The van der Waals surface area contributed by atoms with Crippen LogP contribution in [0.15, 0.2) is 75.0 Å². The molecule has 0 aliphatic heterocycles. The quantitative estimate of drug-likeness (QED) is 0.484. The molecule has 27 heavy (non-hydrogen) atoms. The van der Waals surface area contributed by atoms with Crippen LogP contribution in [0.3, 0.4) is 0 Å². The maximum Gasteiger partial charge on any atom is 0.264 e. The predicted octanol–water partition coefficient (Wildman–Crippen LogP) is 2.27. The summed E-state index contributed by atoms with van der Waals surface area (Å²) < 4.78 is 13.5. The van der Waals surface area contributed by atoms with Crippen LogP contribution in [0.4, 0.5) is 0 Å². The van der Waals surface area contributed by atoms with Crippen molar-refractivity contribution in [3.8, 4) is 17.3 Å². The van der Waals surface area contributed by atoms with Gasteiger partial charge in [-0.25, -0.2) is 9.67 Å². The zero-order chi connectivity index (χ0) is 18.2. The Morgan fingerprint density at radius 2 is 1.96 bits per heavy atom. The molecule has 0 fully saturated rings. The summed E-state index contributed by atoms with van der Waals surface area (Å²) in [5.41, 5.74) is 1.08. The van der Waals surface area contributed by atoms with Gasteiger partial charge in [-0.15, -0.1) is 0 Å². The van der Waals surface area contributed by atoms with E-state index >= 15 is 0 Å². The number of nitrogens with zero attached hydrogens (tertiary/aromatic N) is 6. The van der Waals surface area contributed by atoms with E-state index in [1.165, 1.54) is 23.4 Å². The van der Waals surface area contributed by atoms with Gasteiger partial charge in [0.25, 0.3) is 5.56 Å². The third-order valence-corrected chi connectivity index (χ3v) is 4.07. The average molecular weight is 360 g/mol. The molecule has 132 valence electrons. The summed E-state index contributed by atoms with van der Waals surface area (Å²) in [4.78, 5) is 21.4. The van der Waals surface area contributed by atoms with Crippen LogP contribution in [0.1, 0.15) is 5.89 Å². The Hall–Kier alpha value is -4.01. The number of para-hydroxylation sites is 1. The summed E-state index contributed by atoms with van der Waals surface area (Å²) in [7, 11) is 0. The topological polar surface area (TPSA) is 105 Å². The fraction of sp³-hybridized carbons (Fsp3) is 0.0556. The summed E-state index contributed by atoms with van der Waals surface area (Å²) in [5, 5.41) is 8.56. The minimum atomic E-state index is -0.236. The van der Waals surface area contributed by atoms with Gasteiger partial charge in [-0.1, -0.05) is 23.4 Å². The van der Waals surface area contributed by atoms with Gasteiger partial charge >= 0.3 is 0 Å². The Morgan fingerprint density at radius 3 is 2.78 bits per heavy atom. The number of hydrogen-bond donors (Lipinski definition) is 0. The lowest BCUT2D eigenvalue weighted by Crippen LogP contribution is -2.21. The molecule has 9 heteroatoms. The van der Waals surface area contributed by atoms with Gasteiger partial charge in [0.05, 0.1) is 18.1 Å². The van der Waals surface area contributed by atoms with Crippen molar-refractivity contribution in [3.63, 3.8) is 0 Å². The first-order valence-corrected chi connectivity index (χ1v) is 8.14. The van der Waals surface area contributed by atoms with Gasteiger partial charge in [-0.2, -0.15) is 10.1 Å². The fourth-order valence-corrected chi connectivity index (χ4v) is 2.79. The van der Waals surface area contributed by atoms with Crippen molar-refractivity contribution in [1.29, 1.82) is 0 Å². The molecule has 0 N–H and O–H groups in total. The minimum Gasteiger partial charge on any atom is -0.461 e. The number of hydrogen-bond acceptors (Lipinski definition) is 7. The van der Waals surface area contributed by atoms with E-state index in [1.807, 2.05) is 30.3 Å². The van der Waals surface area contributed by atoms with Gasteiger partial charge in [0.2, 0.25) is 11.7 Å². The average Bonchev–Trinajstić information content (AvgIpc) is 3.45. The van der Waals surface area contributed by atoms with E-state index in [0.717, 1.165) is 5.69 Å². The van der Waals surface area contributed by atoms with E-state index in [4.69, 9.17) is 8.94 Å². The van der Waals surface area contributed by atoms with Crippen LogP contribution in [0.2, 0.25) is 0 Å². The highest BCUT2D eigenvalue weighted by molar-refractivity contribution is 5.74. The second-order valence-corrected chi connectivity index (χ2v) is 5.80. The van der Waals surface area contributed by atoms with Crippen LogP contribution < -0.4 is 5.56 Å². The molecule has 0 spiro atoms. The van der Waals surface area contributed by atoms with Gasteiger partial charge in [0, 0.05) is 0 Å². The first-order valence-electron chi connectivity index (χ1n) is 8.14. The Balaban J connectivity index is 1.50. The molecule has 4 heterocycles. The normalized spacial score (nSPS) is 11.3. The summed E-state index contributed by atoms with van der Waals surface area (Å²) in [6, 6.07) is 13.0. The molecular formula is C18H12N6O3. The standard InChI is InChI=1S/C18H12N6O3/c25-18-13-9-20-24(12-5-2-1-3-6-12)17(13)19-11-23(18)10-15-21-16(22-27-15)14-7-4-8-26-14/h1-9,11H,10H2. The first-order chi connectivity index (χ1) is 13.3. The highest BCUT2D eigenvalue weighted by Gasteiger charge is 2.15. The van der Waals surface area contributed by atoms with E-state index < -0.39 is 0 Å². The highest BCUT2D eigenvalue weighted by Crippen LogP contribution is 2.16. The van der Waals surface area contributed by atoms with E-state index in [-0.39, 0.29) is 18.0 Å². The van der Waals surface area contributed by atoms with Crippen LogP contribution in [0.25, 0.3) is 28.3 Å². The molecule has 5 rings (SSSR count). The van der Waals surface area contributed by atoms with Crippen molar-refractivity contribution >= 4 is 11.0 Å². The molecule has 9 nitrogen and oxygen atoms in total. The van der Waals surface area contributed by atoms with Crippen molar-refractivity contribution in [3.05, 3.63) is 77.5 Å². The van der Waals surface area contributed by atoms with Gasteiger partial charge in [-0.3, -0.25) is 9.36 Å². The van der Waals surface area contributed by atoms with Crippen molar-refractivity contribution < 1.29 is 8.94 Å². The van der Waals surface area contributed by atoms with Crippen molar-refractivity contribution in [2.45, 2.75) is 6.54 Å². The van der Waals surface area contributed by atoms with Gasteiger partial charge in [-0.05, 0) is 24.3 Å². The molecule has 1 aromatic carbocycles. The molecule has 0 bridgehead atoms. The molecule has 0 saturated heterocycles. The van der Waals surface area contributed by atoms with Gasteiger partial charge < -0.3 is 8.94 Å². The van der Waals surface area contributed by atoms with E-state index in [2.05, 4.69) is 20.2 Å². The molecule has 0 aliphatic carbocycles. The second-order valence-electron chi connectivity index (χ2n) is 5.80. The van der Waals surface area contributed by atoms with Crippen molar-refractivity contribution in [2.24, 2.45) is 0 Å². The van der Waals surface area contributed by atoms with E-state index in [0.29, 0.717) is 22.6 Å².